The molecule has 3 heteroatoms. The fraction of sp³-hybridized carbons (Fsp3) is 0.625. The third-order valence-electron chi connectivity index (χ3n) is 3.85. The summed E-state index contributed by atoms with van der Waals surface area (Å²) in [6, 6.07) is 9.34. The first-order valence-corrected chi connectivity index (χ1v) is 8.31. The lowest BCUT2D eigenvalue weighted by molar-refractivity contribution is 0.269. The fourth-order valence-electron chi connectivity index (χ4n) is 2.77. The van der Waals surface area contributed by atoms with Crippen molar-refractivity contribution in [3.63, 3.8) is 0 Å². The zero-order valence-corrected chi connectivity index (χ0v) is 13.2. The Hall–Kier alpha value is -0.510. The Kier molecular flexibility index (Phi) is 5.74. The molecule has 0 bridgehead atoms. The minimum Gasteiger partial charge on any atom is -0.313 e. The second-order valence-corrected chi connectivity index (χ2v) is 7.07. The number of hydrogen-bond donors (Lipinski definition) is 1. The van der Waals surface area contributed by atoms with E-state index in [4.69, 9.17) is 0 Å². The van der Waals surface area contributed by atoms with Crippen LogP contribution in [-0.2, 0) is 0 Å². The van der Waals surface area contributed by atoms with Crippen molar-refractivity contribution < 1.29 is 0 Å². The minimum absolute atomic E-state index is 0.477. The van der Waals surface area contributed by atoms with Crippen molar-refractivity contribution in [2.24, 2.45) is 0 Å². The molecule has 1 aromatic carbocycles. The molecule has 2 nitrogen and oxygen atoms in total. The van der Waals surface area contributed by atoms with Gasteiger partial charge in [-0.2, -0.15) is 11.8 Å². The van der Waals surface area contributed by atoms with Gasteiger partial charge in [-0.05, 0) is 26.0 Å². The molecule has 1 saturated heterocycles. The molecule has 0 aliphatic carbocycles. The summed E-state index contributed by atoms with van der Waals surface area (Å²) in [5.74, 6) is 1.29. The van der Waals surface area contributed by atoms with Crippen LogP contribution < -0.4 is 5.32 Å². The van der Waals surface area contributed by atoms with Gasteiger partial charge in [0.2, 0.25) is 0 Å². The average Bonchev–Trinajstić information content (AvgIpc) is 2.40. The third-order valence-corrected chi connectivity index (χ3v) is 4.99. The maximum atomic E-state index is 3.46. The van der Waals surface area contributed by atoms with E-state index >= 15 is 0 Å². The van der Waals surface area contributed by atoms with Crippen LogP contribution in [0.4, 0.5) is 0 Å². The number of nitrogens with zero attached hydrogens (tertiary/aromatic N) is 1. The summed E-state index contributed by atoms with van der Waals surface area (Å²) in [5.41, 5.74) is 2.77. The monoisotopic (exact) mass is 278 g/mol. The van der Waals surface area contributed by atoms with Crippen molar-refractivity contribution in [1.29, 1.82) is 0 Å². The normalized spacial score (nSPS) is 22.4. The Balaban J connectivity index is 1.89. The summed E-state index contributed by atoms with van der Waals surface area (Å²) in [7, 11) is 2.07. The Labute approximate surface area is 122 Å². The van der Waals surface area contributed by atoms with Crippen LogP contribution in [0.1, 0.15) is 30.5 Å². The molecule has 0 amide bonds. The first kappa shape index (κ1) is 14.9. The molecule has 1 heterocycles. The molecule has 2 atom stereocenters. The molecule has 0 saturated carbocycles. The van der Waals surface area contributed by atoms with Gasteiger partial charge < -0.3 is 10.2 Å². The van der Waals surface area contributed by atoms with Gasteiger partial charge in [-0.25, -0.2) is 0 Å². The predicted molar refractivity (Wildman–Crippen MR) is 86.0 cm³/mol. The van der Waals surface area contributed by atoms with Gasteiger partial charge in [0, 0.05) is 36.7 Å². The maximum Gasteiger partial charge on any atom is 0.0329 e. The third kappa shape index (κ3) is 4.51. The summed E-state index contributed by atoms with van der Waals surface area (Å²) in [6.45, 7) is 8.20. The van der Waals surface area contributed by atoms with E-state index in [0.29, 0.717) is 6.04 Å². The van der Waals surface area contributed by atoms with Gasteiger partial charge in [0.05, 0.1) is 0 Å². The first-order chi connectivity index (χ1) is 9.19. The Morgan fingerprint density at radius 1 is 1.47 bits per heavy atom. The van der Waals surface area contributed by atoms with Crippen molar-refractivity contribution in [2.45, 2.75) is 31.6 Å². The van der Waals surface area contributed by atoms with E-state index in [1.165, 1.54) is 42.9 Å². The molecule has 1 N–H and O–H groups in total. The van der Waals surface area contributed by atoms with Gasteiger partial charge in [0.1, 0.15) is 0 Å². The van der Waals surface area contributed by atoms with Gasteiger partial charge in [0.25, 0.3) is 0 Å². The molecule has 0 aromatic heterocycles. The van der Waals surface area contributed by atoms with E-state index in [0.717, 1.165) is 5.25 Å². The molecule has 19 heavy (non-hydrogen) atoms. The summed E-state index contributed by atoms with van der Waals surface area (Å²) in [4.78, 5) is 2.61. The van der Waals surface area contributed by atoms with Crippen LogP contribution >= 0.6 is 11.8 Å². The molecule has 106 valence electrons. The van der Waals surface area contributed by atoms with Crippen LogP contribution in [-0.4, -0.2) is 42.6 Å². The topological polar surface area (TPSA) is 15.3 Å². The van der Waals surface area contributed by atoms with E-state index in [-0.39, 0.29) is 0 Å². The number of thioether (sulfide) groups is 1. The second kappa shape index (κ2) is 7.32. The lowest BCUT2D eigenvalue weighted by atomic mass is 10.0. The summed E-state index contributed by atoms with van der Waals surface area (Å²) >= 11 is 2.10. The van der Waals surface area contributed by atoms with Crippen LogP contribution in [0.5, 0.6) is 0 Å². The quantitative estimate of drug-likeness (QED) is 0.891. The van der Waals surface area contributed by atoms with Crippen molar-refractivity contribution in [1.82, 2.24) is 10.2 Å². The predicted octanol–water partition coefficient (Wildman–Crippen LogP) is 3.08. The average molecular weight is 278 g/mol. The largest absolute Gasteiger partial charge is 0.313 e. The highest BCUT2D eigenvalue weighted by Gasteiger charge is 2.18. The molecule has 1 fully saturated rings. The SMILES string of the molecule is CNC(CCN1CCSC(C)C1)c1cccc(C)c1. The molecular weight excluding hydrogens is 252 g/mol. The summed E-state index contributed by atoms with van der Waals surface area (Å²) in [5, 5.41) is 4.26. The first-order valence-electron chi connectivity index (χ1n) is 7.27. The minimum atomic E-state index is 0.477. The van der Waals surface area contributed by atoms with Crippen LogP contribution in [0.3, 0.4) is 0 Å². The zero-order chi connectivity index (χ0) is 13.7. The van der Waals surface area contributed by atoms with Gasteiger partial charge in [-0.1, -0.05) is 36.8 Å². The summed E-state index contributed by atoms with van der Waals surface area (Å²) in [6.07, 6.45) is 1.19. The van der Waals surface area contributed by atoms with E-state index in [1.54, 1.807) is 0 Å². The Morgan fingerprint density at radius 3 is 3.00 bits per heavy atom. The van der Waals surface area contributed by atoms with Gasteiger partial charge in [-0.15, -0.1) is 0 Å². The molecule has 1 aliphatic heterocycles. The van der Waals surface area contributed by atoms with Crippen molar-refractivity contribution in [2.75, 3.05) is 32.4 Å². The van der Waals surface area contributed by atoms with Gasteiger partial charge in [-0.3, -0.25) is 0 Å². The highest BCUT2D eigenvalue weighted by molar-refractivity contribution is 7.99. The lowest BCUT2D eigenvalue weighted by Crippen LogP contribution is -2.38. The highest BCUT2D eigenvalue weighted by atomic mass is 32.2. The summed E-state index contributed by atoms with van der Waals surface area (Å²) < 4.78 is 0. The molecule has 1 aromatic rings. The van der Waals surface area contributed by atoms with Crippen molar-refractivity contribution >= 4 is 11.8 Å². The number of rotatable bonds is 5. The Bertz CT molecular complexity index is 394. The van der Waals surface area contributed by atoms with E-state index in [2.05, 4.69) is 67.1 Å². The fourth-order valence-corrected chi connectivity index (χ4v) is 3.85. The number of nitrogens with one attached hydrogen (secondary N) is 1. The van der Waals surface area contributed by atoms with Crippen LogP contribution in [0.15, 0.2) is 24.3 Å². The van der Waals surface area contributed by atoms with Crippen LogP contribution in [0.25, 0.3) is 0 Å². The van der Waals surface area contributed by atoms with Crippen molar-refractivity contribution in [3.05, 3.63) is 35.4 Å². The number of aryl methyl sites for hydroxylation is 1. The maximum absolute atomic E-state index is 3.46. The molecule has 2 rings (SSSR count). The smallest absolute Gasteiger partial charge is 0.0329 e. The highest BCUT2D eigenvalue weighted by Crippen LogP contribution is 2.21. The van der Waals surface area contributed by atoms with E-state index in [9.17, 15) is 0 Å². The molecule has 0 spiro atoms. The molecule has 2 unspecified atom stereocenters. The van der Waals surface area contributed by atoms with Crippen molar-refractivity contribution in [3.8, 4) is 0 Å². The lowest BCUT2D eigenvalue weighted by Gasteiger charge is -2.31. The van der Waals surface area contributed by atoms with E-state index in [1.807, 2.05) is 0 Å². The molecule has 1 aliphatic rings. The van der Waals surface area contributed by atoms with Crippen LogP contribution in [0, 0.1) is 6.92 Å². The van der Waals surface area contributed by atoms with Gasteiger partial charge in [0.15, 0.2) is 0 Å². The Morgan fingerprint density at radius 2 is 2.32 bits per heavy atom. The van der Waals surface area contributed by atoms with Crippen LogP contribution in [0.2, 0.25) is 0 Å². The number of hydrogen-bond acceptors (Lipinski definition) is 3. The molecule has 0 radical (unpaired) electrons. The number of benzene rings is 1. The standard InChI is InChI=1S/C16H26N2S/c1-13-5-4-6-15(11-13)16(17-3)7-8-18-9-10-19-14(2)12-18/h4-6,11,14,16-17H,7-10,12H2,1-3H3. The molecular formula is C16H26N2S. The second-order valence-electron chi connectivity index (χ2n) is 5.53. The zero-order valence-electron chi connectivity index (χ0n) is 12.4. The van der Waals surface area contributed by atoms with Gasteiger partial charge >= 0.3 is 0 Å². The van der Waals surface area contributed by atoms with E-state index < -0.39 is 0 Å².